The third-order valence-corrected chi connectivity index (χ3v) is 5.00. The summed E-state index contributed by atoms with van der Waals surface area (Å²) >= 11 is 0. The van der Waals surface area contributed by atoms with Gasteiger partial charge in [-0.05, 0) is 36.5 Å². The minimum absolute atomic E-state index is 0.0141. The Morgan fingerprint density at radius 1 is 1.42 bits per heavy atom. The van der Waals surface area contributed by atoms with Gasteiger partial charge in [0.05, 0.1) is 18.0 Å². The smallest absolute Gasteiger partial charge is 0.229 e. The minimum atomic E-state index is -0.438. The fourth-order valence-electron chi connectivity index (χ4n) is 3.40. The van der Waals surface area contributed by atoms with Crippen molar-refractivity contribution < 1.29 is 9.32 Å². The zero-order valence-corrected chi connectivity index (χ0v) is 13.6. The van der Waals surface area contributed by atoms with Crippen molar-refractivity contribution in [2.45, 2.75) is 44.2 Å². The minimum Gasteiger partial charge on any atom is -0.339 e. The third-order valence-electron chi connectivity index (χ3n) is 5.00. The second-order valence-electron chi connectivity index (χ2n) is 6.61. The van der Waals surface area contributed by atoms with Gasteiger partial charge in [-0.3, -0.25) is 4.79 Å². The first kappa shape index (κ1) is 15.1. The van der Waals surface area contributed by atoms with Crippen molar-refractivity contribution in [3.63, 3.8) is 0 Å². The van der Waals surface area contributed by atoms with Gasteiger partial charge < -0.3 is 15.2 Å². The zero-order valence-electron chi connectivity index (χ0n) is 13.6. The van der Waals surface area contributed by atoms with Gasteiger partial charge in [-0.1, -0.05) is 29.4 Å². The van der Waals surface area contributed by atoms with Crippen LogP contribution in [0.1, 0.15) is 55.1 Å². The van der Waals surface area contributed by atoms with E-state index >= 15 is 0 Å². The molecule has 124 valence electrons. The Morgan fingerprint density at radius 2 is 2.21 bits per heavy atom. The van der Waals surface area contributed by atoms with Crippen molar-refractivity contribution in [1.82, 2.24) is 15.0 Å². The lowest BCUT2D eigenvalue weighted by Crippen LogP contribution is -2.44. The zero-order chi connectivity index (χ0) is 16.7. The van der Waals surface area contributed by atoms with Gasteiger partial charge in [0.15, 0.2) is 5.82 Å². The Hall–Kier alpha value is -2.47. The van der Waals surface area contributed by atoms with Crippen molar-refractivity contribution in [3.8, 4) is 0 Å². The highest BCUT2D eigenvalue weighted by atomic mass is 16.5. The first-order valence-corrected chi connectivity index (χ1v) is 8.25. The highest BCUT2D eigenvalue weighted by molar-refractivity contribution is 5.77. The van der Waals surface area contributed by atoms with E-state index in [0.29, 0.717) is 18.1 Å². The number of nitrogens with two attached hydrogens (primary N) is 1. The Labute approximate surface area is 140 Å². The molecule has 6 nitrogen and oxygen atoms in total. The van der Waals surface area contributed by atoms with E-state index in [-0.39, 0.29) is 11.9 Å². The number of hydrogen-bond acceptors (Lipinski definition) is 5. The van der Waals surface area contributed by atoms with E-state index < -0.39 is 5.54 Å². The van der Waals surface area contributed by atoms with E-state index in [2.05, 4.69) is 10.1 Å². The summed E-state index contributed by atoms with van der Waals surface area (Å²) in [5.74, 6) is 1.08. The highest BCUT2D eigenvalue weighted by Gasteiger charge is 2.39. The molecule has 0 bridgehead atoms. The van der Waals surface area contributed by atoms with Gasteiger partial charge in [-0.2, -0.15) is 4.98 Å². The molecule has 1 amide bonds. The van der Waals surface area contributed by atoms with Gasteiger partial charge in [0.25, 0.3) is 0 Å². The number of amides is 1. The Kier molecular flexibility index (Phi) is 3.49. The standard InChI is InChI=1S/C18H20N4O2/c1-12(23)22-10-7-13-5-2-3-6-14(13)15(22)11-16-20-17(21-24-16)18(19)8-4-9-18/h2-3,5-7,10,15H,4,8-9,11,19H2,1H3. The lowest BCUT2D eigenvalue weighted by molar-refractivity contribution is -0.128. The summed E-state index contributed by atoms with van der Waals surface area (Å²) in [4.78, 5) is 18.2. The van der Waals surface area contributed by atoms with Crippen LogP contribution in [-0.4, -0.2) is 20.9 Å². The predicted octanol–water partition coefficient (Wildman–Crippen LogP) is 2.52. The van der Waals surface area contributed by atoms with Crippen molar-refractivity contribution in [2.24, 2.45) is 5.73 Å². The van der Waals surface area contributed by atoms with Crippen molar-refractivity contribution >= 4 is 12.0 Å². The summed E-state index contributed by atoms with van der Waals surface area (Å²) in [5.41, 5.74) is 8.01. The fourth-order valence-corrected chi connectivity index (χ4v) is 3.40. The molecule has 1 aliphatic carbocycles. The number of fused-ring (bicyclic) bond motifs is 1. The highest BCUT2D eigenvalue weighted by Crippen LogP contribution is 2.38. The first-order valence-electron chi connectivity index (χ1n) is 8.25. The molecule has 6 heteroatoms. The molecule has 1 aromatic carbocycles. The molecule has 1 fully saturated rings. The van der Waals surface area contributed by atoms with Gasteiger partial charge in [-0.15, -0.1) is 0 Å². The van der Waals surface area contributed by atoms with E-state index in [1.807, 2.05) is 36.5 Å². The van der Waals surface area contributed by atoms with Crippen LogP contribution < -0.4 is 5.73 Å². The molecule has 1 atom stereocenters. The fraction of sp³-hybridized carbons (Fsp3) is 0.389. The molecule has 0 saturated heterocycles. The predicted molar refractivity (Wildman–Crippen MR) is 88.5 cm³/mol. The summed E-state index contributed by atoms with van der Waals surface area (Å²) in [7, 11) is 0. The number of aromatic nitrogens is 2. The molecule has 0 radical (unpaired) electrons. The van der Waals surface area contributed by atoms with Crippen molar-refractivity contribution in [1.29, 1.82) is 0 Å². The number of carbonyl (C=O) groups excluding carboxylic acids is 1. The molecular formula is C18H20N4O2. The van der Waals surface area contributed by atoms with Gasteiger partial charge in [-0.25, -0.2) is 0 Å². The average molecular weight is 324 g/mol. The van der Waals surface area contributed by atoms with Crippen LogP contribution in [0.3, 0.4) is 0 Å². The SMILES string of the molecule is CC(=O)N1C=Cc2ccccc2C1Cc1nc(C2(N)CCC2)no1. The molecule has 0 spiro atoms. The molecule has 1 unspecified atom stereocenters. The summed E-state index contributed by atoms with van der Waals surface area (Å²) in [6.45, 7) is 1.56. The van der Waals surface area contributed by atoms with Crippen molar-refractivity contribution in [2.75, 3.05) is 0 Å². The van der Waals surface area contributed by atoms with Crippen LogP contribution in [0.4, 0.5) is 0 Å². The van der Waals surface area contributed by atoms with Crippen LogP contribution in [0, 0.1) is 0 Å². The van der Waals surface area contributed by atoms with E-state index in [4.69, 9.17) is 10.3 Å². The summed E-state index contributed by atoms with van der Waals surface area (Å²) in [6.07, 6.45) is 7.13. The van der Waals surface area contributed by atoms with Crippen LogP contribution in [0.15, 0.2) is 35.0 Å². The largest absolute Gasteiger partial charge is 0.339 e. The molecule has 4 rings (SSSR count). The molecule has 2 aliphatic rings. The maximum Gasteiger partial charge on any atom is 0.229 e. The van der Waals surface area contributed by atoms with Gasteiger partial charge in [0.2, 0.25) is 11.8 Å². The first-order chi connectivity index (χ1) is 11.6. The average Bonchev–Trinajstić information content (AvgIpc) is 3.01. The van der Waals surface area contributed by atoms with E-state index in [0.717, 1.165) is 30.4 Å². The molecular weight excluding hydrogens is 304 g/mol. The topological polar surface area (TPSA) is 85.2 Å². The lowest BCUT2D eigenvalue weighted by atomic mass is 9.77. The summed E-state index contributed by atoms with van der Waals surface area (Å²) < 4.78 is 5.43. The molecule has 1 aromatic heterocycles. The summed E-state index contributed by atoms with van der Waals surface area (Å²) in [6, 6.07) is 7.90. The van der Waals surface area contributed by atoms with Gasteiger partial charge >= 0.3 is 0 Å². The van der Waals surface area contributed by atoms with Gasteiger partial charge in [0.1, 0.15) is 0 Å². The molecule has 2 N–H and O–H groups in total. The molecule has 1 aliphatic heterocycles. The third kappa shape index (κ3) is 2.43. The van der Waals surface area contributed by atoms with Crippen LogP contribution in [0.2, 0.25) is 0 Å². The summed E-state index contributed by atoms with van der Waals surface area (Å²) in [5, 5.41) is 4.07. The quantitative estimate of drug-likeness (QED) is 0.937. The second-order valence-corrected chi connectivity index (χ2v) is 6.61. The number of rotatable bonds is 3. The number of carbonyl (C=O) groups is 1. The molecule has 24 heavy (non-hydrogen) atoms. The second kappa shape index (κ2) is 5.56. The maximum atomic E-state index is 12.0. The Bertz CT molecular complexity index is 807. The normalized spacial score (nSPS) is 21.2. The van der Waals surface area contributed by atoms with Gasteiger partial charge in [0, 0.05) is 13.1 Å². The Balaban J connectivity index is 1.64. The van der Waals surface area contributed by atoms with E-state index in [1.54, 1.807) is 11.8 Å². The molecule has 2 heterocycles. The monoisotopic (exact) mass is 324 g/mol. The van der Waals surface area contributed by atoms with Crippen LogP contribution in [-0.2, 0) is 16.8 Å². The Morgan fingerprint density at radius 3 is 2.92 bits per heavy atom. The van der Waals surface area contributed by atoms with E-state index in [1.165, 1.54) is 0 Å². The van der Waals surface area contributed by atoms with Crippen LogP contribution in [0.25, 0.3) is 6.08 Å². The number of nitrogens with zero attached hydrogens (tertiary/aromatic N) is 3. The van der Waals surface area contributed by atoms with Crippen LogP contribution >= 0.6 is 0 Å². The number of benzene rings is 1. The lowest BCUT2D eigenvalue weighted by Gasteiger charge is -2.34. The molecule has 1 saturated carbocycles. The maximum absolute atomic E-state index is 12.0. The number of hydrogen-bond donors (Lipinski definition) is 1. The molecule has 2 aromatic rings. The van der Waals surface area contributed by atoms with Crippen LogP contribution in [0.5, 0.6) is 0 Å². The van der Waals surface area contributed by atoms with E-state index in [9.17, 15) is 4.79 Å². The van der Waals surface area contributed by atoms with Crippen molar-refractivity contribution in [3.05, 3.63) is 53.3 Å².